The summed E-state index contributed by atoms with van der Waals surface area (Å²) in [6.45, 7) is 3.65. The van der Waals surface area contributed by atoms with E-state index in [2.05, 4.69) is 31.7 Å². The van der Waals surface area contributed by atoms with Crippen molar-refractivity contribution in [3.63, 3.8) is 0 Å². The highest BCUT2D eigenvalue weighted by molar-refractivity contribution is 9.10. The van der Waals surface area contributed by atoms with Gasteiger partial charge in [-0.1, -0.05) is 28.1 Å². The molecule has 0 spiro atoms. The van der Waals surface area contributed by atoms with Crippen molar-refractivity contribution in [1.82, 2.24) is 20.4 Å². The summed E-state index contributed by atoms with van der Waals surface area (Å²) in [4.78, 5) is 13.1. The van der Waals surface area contributed by atoms with Crippen LogP contribution in [0.3, 0.4) is 0 Å². The van der Waals surface area contributed by atoms with Gasteiger partial charge in [-0.05, 0) is 56.6 Å². The fourth-order valence-electron chi connectivity index (χ4n) is 3.09. The largest absolute Gasteiger partial charge is 0.347 e. The van der Waals surface area contributed by atoms with Crippen molar-refractivity contribution in [3.8, 4) is 0 Å². The number of aromatic nitrogens is 2. The van der Waals surface area contributed by atoms with Crippen LogP contribution in [0, 0.1) is 0 Å². The van der Waals surface area contributed by atoms with Gasteiger partial charge >= 0.3 is 0 Å². The number of piperidine rings is 1. The van der Waals surface area contributed by atoms with Gasteiger partial charge in [0.2, 0.25) is 5.91 Å². The molecule has 2 heterocycles. The number of nitrogens with zero attached hydrogens (tertiary/aromatic N) is 2. The van der Waals surface area contributed by atoms with E-state index >= 15 is 0 Å². The molecule has 0 aliphatic carbocycles. The summed E-state index contributed by atoms with van der Waals surface area (Å²) in [6.07, 6.45) is 5.10. The van der Waals surface area contributed by atoms with E-state index in [1.165, 1.54) is 0 Å². The van der Waals surface area contributed by atoms with Gasteiger partial charge in [0.15, 0.2) is 0 Å². The SMILES string of the molecule is CC(NC(=O)C1(n2cccn2)CCNCC1)c1ccc(Br)cc1.Cl. The summed E-state index contributed by atoms with van der Waals surface area (Å²) in [5.41, 5.74) is 0.490. The zero-order valence-corrected chi connectivity index (χ0v) is 15.9. The van der Waals surface area contributed by atoms with Gasteiger partial charge < -0.3 is 10.6 Å². The van der Waals surface area contributed by atoms with E-state index in [9.17, 15) is 4.79 Å². The lowest BCUT2D eigenvalue weighted by Crippen LogP contribution is -2.55. The van der Waals surface area contributed by atoms with Crippen molar-refractivity contribution < 1.29 is 4.79 Å². The van der Waals surface area contributed by atoms with Crippen molar-refractivity contribution in [2.75, 3.05) is 13.1 Å². The van der Waals surface area contributed by atoms with E-state index in [1.807, 2.05) is 48.1 Å². The third-order valence-corrected chi connectivity index (χ3v) is 5.04. The highest BCUT2D eigenvalue weighted by atomic mass is 79.9. The smallest absolute Gasteiger partial charge is 0.248 e. The van der Waals surface area contributed by atoms with Crippen LogP contribution >= 0.6 is 28.3 Å². The Hall–Kier alpha value is -1.37. The quantitative estimate of drug-likeness (QED) is 0.810. The van der Waals surface area contributed by atoms with Gasteiger partial charge in [-0.3, -0.25) is 9.48 Å². The molecule has 1 aliphatic rings. The second kappa shape index (κ2) is 8.14. The molecular weight excluding hydrogens is 392 g/mol. The van der Waals surface area contributed by atoms with E-state index in [4.69, 9.17) is 0 Å². The van der Waals surface area contributed by atoms with Crippen LogP contribution in [0.5, 0.6) is 0 Å². The number of halogens is 2. The van der Waals surface area contributed by atoms with Crippen LogP contribution in [-0.2, 0) is 10.3 Å². The average molecular weight is 414 g/mol. The zero-order valence-electron chi connectivity index (χ0n) is 13.5. The van der Waals surface area contributed by atoms with Crippen molar-refractivity contribution in [2.45, 2.75) is 31.3 Å². The lowest BCUT2D eigenvalue weighted by atomic mass is 9.87. The lowest BCUT2D eigenvalue weighted by Gasteiger charge is -2.37. The average Bonchev–Trinajstić information content (AvgIpc) is 3.11. The number of hydrogen-bond donors (Lipinski definition) is 2. The molecule has 3 rings (SSSR count). The van der Waals surface area contributed by atoms with Gasteiger partial charge in [-0.15, -0.1) is 12.4 Å². The molecule has 5 nitrogen and oxygen atoms in total. The first kappa shape index (κ1) is 19.0. The van der Waals surface area contributed by atoms with Crippen LogP contribution in [0.4, 0.5) is 0 Å². The number of rotatable bonds is 4. The summed E-state index contributed by atoms with van der Waals surface area (Å²) in [5, 5.41) is 10.8. The van der Waals surface area contributed by atoms with Crippen molar-refractivity contribution >= 4 is 34.2 Å². The minimum atomic E-state index is -0.599. The Kier molecular flexibility index (Phi) is 6.43. The standard InChI is InChI=1S/C17H21BrN4O.ClH/c1-13(14-3-5-15(18)6-4-14)21-16(23)17(7-10-19-11-8-17)22-12-2-9-20-22;/h2-6,9,12-13,19H,7-8,10-11H2,1H3,(H,21,23);1H. The predicted octanol–water partition coefficient (Wildman–Crippen LogP) is 3.02. The molecule has 2 N–H and O–H groups in total. The Morgan fingerprint density at radius 2 is 2.00 bits per heavy atom. The van der Waals surface area contributed by atoms with Crippen LogP contribution in [0.1, 0.15) is 31.4 Å². The highest BCUT2D eigenvalue weighted by Crippen LogP contribution is 2.28. The van der Waals surface area contributed by atoms with Crippen LogP contribution in [0.2, 0.25) is 0 Å². The van der Waals surface area contributed by atoms with Crippen LogP contribution in [0.25, 0.3) is 0 Å². The molecule has 1 fully saturated rings. The Labute approximate surface area is 156 Å². The summed E-state index contributed by atoms with van der Waals surface area (Å²) in [6, 6.07) is 9.86. The molecule has 24 heavy (non-hydrogen) atoms. The first-order chi connectivity index (χ1) is 11.1. The maximum atomic E-state index is 13.1. The van der Waals surface area contributed by atoms with Gasteiger partial charge in [0, 0.05) is 16.9 Å². The summed E-state index contributed by atoms with van der Waals surface area (Å²) in [7, 11) is 0. The molecule has 1 amide bonds. The maximum absolute atomic E-state index is 13.1. The van der Waals surface area contributed by atoms with Gasteiger partial charge in [-0.2, -0.15) is 5.10 Å². The molecular formula is C17H22BrClN4O. The van der Waals surface area contributed by atoms with Crippen molar-refractivity contribution in [1.29, 1.82) is 0 Å². The Morgan fingerprint density at radius 1 is 1.33 bits per heavy atom. The second-order valence-corrected chi connectivity index (χ2v) is 6.89. The molecule has 1 aliphatic heterocycles. The lowest BCUT2D eigenvalue weighted by molar-refractivity contribution is -0.132. The normalized spacial score (nSPS) is 17.6. The van der Waals surface area contributed by atoms with E-state index in [1.54, 1.807) is 6.20 Å². The fourth-order valence-corrected chi connectivity index (χ4v) is 3.35. The van der Waals surface area contributed by atoms with Gasteiger partial charge in [-0.25, -0.2) is 0 Å². The Morgan fingerprint density at radius 3 is 2.58 bits per heavy atom. The first-order valence-corrected chi connectivity index (χ1v) is 8.68. The molecule has 0 bridgehead atoms. The molecule has 1 unspecified atom stereocenters. The summed E-state index contributed by atoms with van der Waals surface area (Å²) in [5.74, 6) is 0.0399. The Balaban J connectivity index is 0.00000208. The molecule has 1 aromatic carbocycles. The summed E-state index contributed by atoms with van der Waals surface area (Å²) < 4.78 is 2.85. The number of hydrogen-bond acceptors (Lipinski definition) is 3. The van der Waals surface area contributed by atoms with E-state index in [-0.39, 0.29) is 24.4 Å². The minimum absolute atomic E-state index is 0. The van der Waals surface area contributed by atoms with E-state index in [0.717, 1.165) is 36.0 Å². The van der Waals surface area contributed by atoms with Gasteiger partial charge in [0.25, 0.3) is 0 Å². The molecule has 0 saturated carbocycles. The topological polar surface area (TPSA) is 59.0 Å². The van der Waals surface area contributed by atoms with E-state index in [0.29, 0.717) is 0 Å². The third kappa shape index (κ3) is 3.82. The van der Waals surface area contributed by atoms with Crippen LogP contribution in [-0.4, -0.2) is 28.8 Å². The highest BCUT2D eigenvalue weighted by Gasteiger charge is 2.42. The van der Waals surface area contributed by atoms with Crippen molar-refractivity contribution in [3.05, 3.63) is 52.8 Å². The first-order valence-electron chi connectivity index (χ1n) is 7.89. The molecule has 2 aromatic rings. The van der Waals surface area contributed by atoms with Crippen LogP contribution in [0.15, 0.2) is 47.2 Å². The molecule has 1 aromatic heterocycles. The number of nitrogens with one attached hydrogen (secondary N) is 2. The molecule has 1 atom stereocenters. The Bertz CT molecular complexity index is 654. The monoisotopic (exact) mass is 412 g/mol. The maximum Gasteiger partial charge on any atom is 0.248 e. The van der Waals surface area contributed by atoms with Gasteiger partial charge in [0.05, 0.1) is 6.04 Å². The molecule has 0 radical (unpaired) electrons. The molecule has 1 saturated heterocycles. The fraction of sp³-hybridized carbons (Fsp3) is 0.412. The molecule has 130 valence electrons. The van der Waals surface area contributed by atoms with Crippen LogP contribution < -0.4 is 10.6 Å². The minimum Gasteiger partial charge on any atom is -0.347 e. The van der Waals surface area contributed by atoms with E-state index < -0.39 is 5.54 Å². The summed E-state index contributed by atoms with van der Waals surface area (Å²) >= 11 is 3.44. The molecule has 7 heteroatoms. The van der Waals surface area contributed by atoms with Gasteiger partial charge in [0.1, 0.15) is 5.54 Å². The zero-order chi connectivity index (χ0) is 16.3. The van der Waals surface area contributed by atoms with Crippen molar-refractivity contribution in [2.24, 2.45) is 0 Å². The number of amides is 1. The second-order valence-electron chi connectivity index (χ2n) is 5.98. The third-order valence-electron chi connectivity index (χ3n) is 4.51. The predicted molar refractivity (Wildman–Crippen MR) is 100 cm³/mol. The number of benzene rings is 1. The number of carbonyl (C=O) groups excluding carboxylic acids is 1. The number of carbonyl (C=O) groups is 1.